The molecule has 0 spiro atoms. The van der Waals surface area contributed by atoms with Gasteiger partial charge in [0.25, 0.3) is 0 Å². The van der Waals surface area contributed by atoms with Crippen molar-refractivity contribution < 1.29 is 9.59 Å². The molecule has 2 atom stereocenters. The fourth-order valence-corrected chi connectivity index (χ4v) is 3.84. The van der Waals surface area contributed by atoms with Crippen molar-refractivity contribution in [1.82, 2.24) is 5.32 Å². The topological polar surface area (TPSA) is 46.2 Å². The molecule has 1 N–H and O–H groups in total. The van der Waals surface area contributed by atoms with Gasteiger partial charge in [0.05, 0.1) is 5.54 Å². The SMILES string of the molecule is O=C1C[C@@](c2ccc(Br)cc2)(c2ccsc2)NC(=O)[C@@H]1Br. The largest absolute Gasteiger partial charge is 0.341 e. The van der Waals surface area contributed by atoms with Crippen molar-refractivity contribution in [3.05, 3.63) is 56.7 Å². The van der Waals surface area contributed by atoms with Crippen LogP contribution in [0.2, 0.25) is 0 Å². The summed E-state index contributed by atoms with van der Waals surface area (Å²) in [5, 5.41) is 6.96. The number of nitrogens with one attached hydrogen (secondary N) is 1. The monoisotopic (exact) mass is 427 g/mol. The van der Waals surface area contributed by atoms with Crippen LogP contribution in [0.5, 0.6) is 0 Å². The van der Waals surface area contributed by atoms with Gasteiger partial charge in [-0.2, -0.15) is 11.3 Å². The van der Waals surface area contributed by atoms with Crippen LogP contribution in [0.4, 0.5) is 0 Å². The summed E-state index contributed by atoms with van der Waals surface area (Å²) in [5.74, 6) is -0.395. The van der Waals surface area contributed by atoms with Crippen LogP contribution in [-0.2, 0) is 15.1 Å². The second-order valence-electron chi connectivity index (χ2n) is 4.92. The molecular weight excluding hydrogens is 418 g/mol. The number of alkyl halides is 1. The van der Waals surface area contributed by atoms with Crippen molar-refractivity contribution in [3.8, 4) is 0 Å². The molecule has 1 saturated heterocycles. The average Bonchev–Trinajstić information content (AvgIpc) is 2.99. The fourth-order valence-electron chi connectivity index (χ4n) is 2.57. The number of hydrogen-bond donors (Lipinski definition) is 1. The molecule has 21 heavy (non-hydrogen) atoms. The van der Waals surface area contributed by atoms with Gasteiger partial charge in [0.15, 0.2) is 10.6 Å². The molecule has 0 bridgehead atoms. The lowest BCUT2D eigenvalue weighted by molar-refractivity contribution is -0.132. The molecule has 108 valence electrons. The Kier molecular flexibility index (Phi) is 4.03. The van der Waals surface area contributed by atoms with Gasteiger partial charge in [-0.3, -0.25) is 9.59 Å². The average molecular weight is 429 g/mol. The number of carbonyl (C=O) groups is 2. The molecule has 0 saturated carbocycles. The fraction of sp³-hybridized carbons (Fsp3) is 0.200. The van der Waals surface area contributed by atoms with Crippen LogP contribution in [0.25, 0.3) is 0 Å². The van der Waals surface area contributed by atoms with E-state index in [1.807, 2.05) is 41.1 Å². The first-order valence-corrected chi connectivity index (χ1v) is 8.95. The Balaban J connectivity index is 2.15. The molecule has 1 fully saturated rings. The van der Waals surface area contributed by atoms with E-state index in [1.54, 1.807) is 11.3 Å². The van der Waals surface area contributed by atoms with Gasteiger partial charge in [-0.25, -0.2) is 0 Å². The van der Waals surface area contributed by atoms with Crippen LogP contribution in [0.15, 0.2) is 45.6 Å². The zero-order valence-corrected chi connectivity index (χ0v) is 14.8. The number of amides is 1. The standard InChI is InChI=1S/C15H11Br2NO2S/c16-11-3-1-9(2-4-11)15(10-5-6-21-8-10)7-12(19)13(17)14(20)18-15/h1-6,8,13H,7H2,(H,18,20)/t13-,15-/m1/s1. The Labute approximate surface area is 143 Å². The Morgan fingerprint density at radius 3 is 2.43 bits per heavy atom. The zero-order chi connectivity index (χ0) is 15.0. The van der Waals surface area contributed by atoms with E-state index in [0.717, 1.165) is 15.6 Å². The lowest BCUT2D eigenvalue weighted by Crippen LogP contribution is -2.57. The highest BCUT2D eigenvalue weighted by Crippen LogP contribution is 2.38. The van der Waals surface area contributed by atoms with E-state index >= 15 is 0 Å². The summed E-state index contributed by atoms with van der Waals surface area (Å²) in [4.78, 5) is 23.6. The minimum Gasteiger partial charge on any atom is -0.341 e. The van der Waals surface area contributed by atoms with Gasteiger partial charge in [-0.05, 0) is 40.1 Å². The third kappa shape index (κ3) is 2.60. The van der Waals surface area contributed by atoms with Crippen LogP contribution < -0.4 is 5.32 Å². The summed E-state index contributed by atoms with van der Waals surface area (Å²) in [5.41, 5.74) is 1.07. The molecule has 1 aromatic heterocycles. The first-order valence-electron chi connectivity index (χ1n) is 6.30. The lowest BCUT2D eigenvalue weighted by atomic mass is 9.77. The highest BCUT2D eigenvalue weighted by molar-refractivity contribution is 9.10. The van der Waals surface area contributed by atoms with E-state index in [1.165, 1.54) is 0 Å². The molecule has 0 unspecified atom stereocenters. The summed E-state index contributed by atoms with van der Waals surface area (Å²) in [7, 11) is 0. The van der Waals surface area contributed by atoms with Gasteiger partial charge in [-0.15, -0.1) is 0 Å². The second-order valence-corrected chi connectivity index (χ2v) is 7.53. The number of Topliss-reactive ketones (excluding diaryl/α,β-unsaturated/α-hetero) is 1. The first-order chi connectivity index (χ1) is 10.0. The molecule has 0 aliphatic carbocycles. The summed E-state index contributed by atoms with van der Waals surface area (Å²) >= 11 is 8.11. The molecule has 3 nitrogen and oxygen atoms in total. The molecule has 6 heteroatoms. The Morgan fingerprint density at radius 2 is 1.86 bits per heavy atom. The van der Waals surface area contributed by atoms with Gasteiger partial charge >= 0.3 is 0 Å². The number of piperidine rings is 1. The summed E-state index contributed by atoms with van der Waals surface area (Å²) < 4.78 is 0.957. The first kappa shape index (κ1) is 14.9. The van der Waals surface area contributed by atoms with Crippen molar-refractivity contribution in [2.24, 2.45) is 0 Å². The summed E-state index contributed by atoms with van der Waals surface area (Å²) in [6.45, 7) is 0. The molecule has 1 aliphatic heterocycles. The van der Waals surface area contributed by atoms with Gasteiger partial charge in [0.2, 0.25) is 5.91 Å². The normalized spacial score (nSPS) is 25.7. The minimum absolute atomic E-state index is 0.104. The molecule has 0 radical (unpaired) electrons. The summed E-state index contributed by atoms with van der Waals surface area (Å²) in [6.07, 6.45) is 0.243. The molecule has 3 rings (SSSR count). The number of thiophene rings is 1. The number of carbonyl (C=O) groups excluding carboxylic acids is 2. The molecule has 2 aromatic rings. The molecule has 1 aromatic carbocycles. The van der Waals surface area contributed by atoms with E-state index in [-0.39, 0.29) is 18.1 Å². The second kappa shape index (κ2) is 5.66. The smallest absolute Gasteiger partial charge is 0.242 e. The quantitative estimate of drug-likeness (QED) is 0.586. The van der Waals surface area contributed by atoms with Crippen LogP contribution in [-0.4, -0.2) is 16.5 Å². The van der Waals surface area contributed by atoms with Crippen molar-refractivity contribution in [2.75, 3.05) is 0 Å². The van der Waals surface area contributed by atoms with Gasteiger partial charge in [-0.1, -0.05) is 44.0 Å². The van der Waals surface area contributed by atoms with E-state index < -0.39 is 10.4 Å². The van der Waals surface area contributed by atoms with Crippen molar-refractivity contribution in [1.29, 1.82) is 0 Å². The third-order valence-corrected chi connectivity index (χ3v) is 5.78. The summed E-state index contributed by atoms with van der Waals surface area (Å²) in [6, 6.07) is 9.66. The molecule has 1 aliphatic rings. The van der Waals surface area contributed by atoms with E-state index in [0.29, 0.717) is 0 Å². The molecule has 2 heterocycles. The predicted octanol–water partition coefficient (Wildman–Crippen LogP) is 3.61. The maximum absolute atomic E-state index is 12.2. The van der Waals surface area contributed by atoms with E-state index in [4.69, 9.17) is 0 Å². The number of ketones is 1. The Hall–Kier alpha value is -0.980. The van der Waals surface area contributed by atoms with Crippen LogP contribution in [0, 0.1) is 0 Å². The van der Waals surface area contributed by atoms with E-state index in [9.17, 15) is 9.59 Å². The third-order valence-electron chi connectivity index (χ3n) is 3.64. The minimum atomic E-state index is -0.779. The predicted molar refractivity (Wildman–Crippen MR) is 89.7 cm³/mol. The van der Waals surface area contributed by atoms with Gasteiger partial charge in [0, 0.05) is 10.9 Å². The van der Waals surface area contributed by atoms with Crippen LogP contribution in [0.3, 0.4) is 0 Å². The highest BCUT2D eigenvalue weighted by atomic mass is 79.9. The number of halogens is 2. The number of benzene rings is 1. The van der Waals surface area contributed by atoms with Crippen molar-refractivity contribution >= 4 is 54.9 Å². The van der Waals surface area contributed by atoms with Gasteiger partial charge in [0.1, 0.15) is 0 Å². The van der Waals surface area contributed by atoms with Crippen LogP contribution in [0.1, 0.15) is 17.5 Å². The Bertz CT molecular complexity index is 664. The lowest BCUT2D eigenvalue weighted by Gasteiger charge is -2.39. The maximum Gasteiger partial charge on any atom is 0.242 e. The zero-order valence-electron chi connectivity index (χ0n) is 10.8. The van der Waals surface area contributed by atoms with Crippen molar-refractivity contribution in [2.45, 2.75) is 16.8 Å². The van der Waals surface area contributed by atoms with Crippen LogP contribution >= 0.6 is 43.2 Å². The number of rotatable bonds is 2. The highest BCUT2D eigenvalue weighted by Gasteiger charge is 2.46. The Morgan fingerprint density at radius 1 is 1.14 bits per heavy atom. The van der Waals surface area contributed by atoms with E-state index in [2.05, 4.69) is 37.2 Å². The number of hydrogen-bond acceptors (Lipinski definition) is 3. The van der Waals surface area contributed by atoms with Gasteiger partial charge < -0.3 is 5.32 Å². The molecular formula is C15H11Br2NO2S. The maximum atomic E-state index is 12.2. The van der Waals surface area contributed by atoms with Crippen molar-refractivity contribution in [3.63, 3.8) is 0 Å². The molecule has 1 amide bonds.